The van der Waals surface area contributed by atoms with E-state index in [9.17, 15) is 0 Å². The Balaban J connectivity index is 1.92. The fraction of sp³-hybridized carbons (Fsp3) is 0.667. The molecule has 2 heterocycles. The van der Waals surface area contributed by atoms with Gasteiger partial charge in [-0.1, -0.05) is 0 Å². The van der Waals surface area contributed by atoms with Crippen molar-refractivity contribution in [3.8, 4) is 0 Å². The van der Waals surface area contributed by atoms with Gasteiger partial charge in [0, 0.05) is 45.6 Å². The summed E-state index contributed by atoms with van der Waals surface area (Å²) in [6.07, 6.45) is 5.53. The molecule has 0 bridgehead atoms. The van der Waals surface area contributed by atoms with Gasteiger partial charge in [0.1, 0.15) is 0 Å². The van der Waals surface area contributed by atoms with Crippen LogP contribution >= 0.6 is 15.9 Å². The lowest BCUT2D eigenvalue weighted by Crippen LogP contribution is -2.39. The number of piperidine rings is 1. The number of anilines is 1. The van der Waals surface area contributed by atoms with Crippen LogP contribution < -0.4 is 4.90 Å². The second-order valence-electron chi connectivity index (χ2n) is 4.37. The number of hydrogen-bond acceptors (Lipinski definition) is 5. The Morgan fingerprint density at radius 1 is 1.22 bits per heavy atom. The van der Waals surface area contributed by atoms with Crippen molar-refractivity contribution in [2.75, 3.05) is 32.2 Å². The molecule has 2 rings (SSSR count). The van der Waals surface area contributed by atoms with Gasteiger partial charge in [-0.05, 0) is 28.8 Å². The summed E-state index contributed by atoms with van der Waals surface area (Å²) >= 11 is 3.34. The predicted molar refractivity (Wildman–Crippen MR) is 72.5 cm³/mol. The van der Waals surface area contributed by atoms with E-state index >= 15 is 0 Å². The standard InChI is InChI=1S/C12H18BrN3O2/c1-17-11(18-2)9-3-5-16(6-4-9)12-14-7-10(13)8-15-12/h7-9,11H,3-6H2,1-2H3. The van der Waals surface area contributed by atoms with Crippen LogP contribution in [0.2, 0.25) is 0 Å². The normalized spacial score (nSPS) is 17.4. The third-order valence-electron chi connectivity index (χ3n) is 3.28. The first-order valence-electron chi connectivity index (χ1n) is 6.02. The molecule has 0 aromatic carbocycles. The summed E-state index contributed by atoms with van der Waals surface area (Å²) in [5.74, 6) is 1.25. The molecule has 1 fully saturated rings. The lowest BCUT2D eigenvalue weighted by molar-refractivity contribution is -0.141. The van der Waals surface area contributed by atoms with Gasteiger partial charge in [0.15, 0.2) is 6.29 Å². The van der Waals surface area contributed by atoms with E-state index in [2.05, 4.69) is 30.8 Å². The molecule has 0 radical (unpaired) electrons. The van der Waals surface area contributed by atoms with Crippen LogP contribution in [0.1, 0.15) is 12.8 Å². The number of halogens is 1. The van der Waals surface area contributed by atoms with Crippen LogP contribution in [0.3, 0.4) is 0 Å². The highest BCUT2D eigenvalue weighted by atomic mass is 79.9. The van der Waals surface area contributed by atoms with E-state index in [4.69, 9.17) is 9.47 Å². The van der Waals surface area contributed by atoms with Gasteiger partial charge in [-0.3, -0.25) is 0 Å². The molecule has 1 aromatic heterocycles. The van der Waals surface area contributed by atoms with Gasteiger partial charge in [-0.15, -0.1) is 0 Å². The summed E-state index contributed by atoms with van der Waals surface area (Å²) in [5, 5.41) is 0. The summed E-state index contributed by atoms with van der Waals surface area (Å²) in [5.41, 5.74) is 0. The monoisotopic (exact) mass is 315 g/mol. The van der Waals surface area contributed by atoms with Gasteiger partial charge in [0.25, 0.3) is 0 Å². The zero-order chi connectivity index (χ0) is 13.0. The van der Waals surface area contributed by atoms with Crippen molar-refractivity contribution < 1.29 is 9.47 Å². The van der Waals surface area contributed by atoms with Crippen LogP contribution in [0, 0.1) is 5.92 Å². The molecule has 0 N–H and O–H groups in total. The molecule has 0 aliphatic carbocycles. The van der Waals surface area contributed by atoms with E-state index in [1.165, 1.54) is 0 Å². The van der Waals surface area contributed by atoms with Crippen LogP contribution in [0.4, 0.5) is 5.95 Å². The molecule has 0 unspecified atom stereocenters. The van der Waals surface area contributed by atoms with E-state index in [0.717, 1.165) is 36.4 Å². The molecule has 18 heavy (non-hydrogen) atoms. The molecule has 1 aliphatic rings. The number of methoxy groups -OCH3 is 2. The topological polar surface area (TPSA) is 47.5 Å². The minimum atomic E-state index is -0.0991. The molecule has 1 aliphatic heterocycles. The SMILES string of the molecule is COC(OC)C1CCN(c2ncc(Br)cn2)CC1. The van der Waals surface area contributed by atoms with Gasteiger partial charge in [-0.25, -0.2) is 9.97 Å². The molecule has 6 heteroatoms. The molecule has 5 nitrogen and oxygen atoms in total. The Morgan fingerprint density at radius 3 is 2.28 bits per heavy atom. The van der Waals surface area contributed by atoms with Gasteiger partial charge in [0.2, 0.25) is 5.95 Å². The largest absolute Gasteiger partial charge is 0.356 e. The van der Waals surface area contributed by atoms with Crippen molar-refractivity contribution >= 4 is 21.9 Å². The second-order valence-corrected chi connectivity index (χ2v) is 5.28. The van der Waals surface area contributed by atoms with Crippen LogP contribution in [0.15, 0.2) is 16.9 Å². The Labute approximate surface area is 116 Å². The maximum absolute atomic E-state index is 5.32. The predicted octanol–water partition coefficient (Wildman–Crippen LogP) is 2.07. The maximum Gasteiger partial charge on any atom is 0.225 e. The minimum absolute atomic E-state index is 0.0991. The van der Waals surface area contributed by atoms with Crippen molar-refractivity contribution in [2.24, 2.45) is 5.92 Å². The van der Waals surface area contributed by atoms with Crippen LogP contribution in [0.5, 0.6) is 0 Å². The number of hydrogen-bond donors (Lipinski definition) is 0. The molecule has 1 aromatic rings. The van der Waals surface area contributed by atoms with Crippen LogP contribution in [-0.4, -0.2) is 43.6 Å². The quantitative estimate of drug-likeness (QED) is 0.796. The highest BCUT2D eigenvalue weighted by Gasteiger charge is 2.27. The van der Waals surface area contributed by atoms with Gasteiger partial charge in [0.05, 0.1) is 4.47 Å². The summed E-state index contributed by atoms with van der Waals surface area (Å²) in [7, 11) is 3.39. The van der Waals surface area contributed by atoms with E-state index in [0.29, 0.717) is 5.92 Å². The van der Waals surface area contributed by atoms with Crippen molar-refractivity contribution in [1.29, 1.82) is 0 Å². The number of nitrogens with zero attached hydrogens (tertiary/aromatic N) is 3. The maximum atomic E-state index is 5.32. The highest BCUT2D eigenvalue weighted by molar-refractivity contribution is 9.10. The molecule has 0 spiro atoms. The van der Waals surface area contributed by atoms with E-state index in [-0.39, 0.29) is 6.29 Å². The highest BCUT2D eigenvalue weighted by Crippen LogP contribution is 2.25. The zero-order valence-corrected chi connectivity index (χ0v) is 12.3. The van der Waals surface area contributed by atoms with Crippen molar-refractivity contribution in [2.45, 2.75) is 19.1 Å². The Bertz CT molecular complexity index is 362. The molecule has 0 saturated carbocycles. The van der Waals surface area contributed by atoms with Crippen molar-refractivity contribution in [3.05, 3.63) is 16.9 Å². The van der Waals surface area contributed by atoms with E-state index in [1.54, 1.807) is 26.6 Å². The first-order chi connectivity index (χ1) is 8.74. The average molecular weight is 316 g/mol. The first kappa shape index (κ1) is 13.7. The lowest BCUT2D eigenvalue weighted by atomic mass is 9.96. The zero-order valence-electron chi connectivity index (χ0n) is 10.7. The Kier molecular flexibility index (Phi) is 4.91. The van der Waals surface area contributed by atoms with Gasteiger partial charge < -0.3 is 14.4 Å². The third-order valence-corrected chi connectivity index (χ3v) is 3.69. The molecule has 0 amide bonds. The molecular formula is C12H18BrN3O2. The number of ether oxygens (including phenoxy) is 2. The lowest BCUT2D eigenvalue weighted by Gasteiger charge is -2.34. The van der Waals surface area contributed by atoms with Gasteiger partial charge in [-0.2, -0.15) is 0 Å². The summed E-state index contributed by atoms with van der Waals surface area (Å²) in [6, 6.07) is 0. The molecule has 100 valence electrons. The van der Waals surface area contributed by atoms with Crippen LogP contribution in [0.25, 0.3) is 0 Å². The molecule has 1 saturated heterocycles. The van der Waals surface area contributed by atoms with Crippen LogP contribution in [-0.2, 0) is 9.47 Å². The number of aromatic nitrogens is 2. The first-order valence-corrected chi connectivity index (χ1v) is 6.82. The fourth-order valence-electron chi connectivity index (χ4n) is 2.32. The minimum Gasteiger partial charge on any atom is -0.356 e. The summed E-state index contributed by atoms with van der Waals surface area (Å²) < 4.78 is 11.5. The average Bonchev–Trinajstić information content (AvgIpc) is 2.42. The Hall–Kier alpha value is -0.720. The van der Waals surface area contributed by atoms with E-state index in [1.807, 2.05) is 0 Å². The molecular weight excluding hydrogens is 298 g/mol. The van der Waals surface area contributed by atoms with Crippen molar-refractivity contribution in [3.63, 3.8) is 0 Å². The van der Waals surface area contributed by atoms with E-state index < -0.39 is 0 Å². The fourth-order valence-corrected chi connectivity index (χ4v) is 2.53. The summed E-state index contributed by atoms with van der Waals surface area (Å²) in [4.78, 5) is 10.8. The van der Waals surface area contributed by atoms with Gasteiger partial charge >= 0.3 is 0 Å². The van der Waals surface area contributed by atoms with Crippen molar-refractivity contribution in [1.82, 2.24) is 9.97 Å². The number of rotatable bonds is 4. The smallest absolute Gasteiger partial charge is 0.225 e. The second kappa shape index (κ2) is 6.45. The third kappa shape index (κ3) is 3.18. The Morgan fingerprint density at radius 2 is 1.78 bits per heavy atom. The molecule has 0 atom stereocenters. The summed E-state index contributed by atoms with van der Waals surface area (Å²) in [6.45, 7) is 1.88.